The quantitative estimate of drug-likeness (QED) is 0.716. The first-order valence-electron chi connectivity index (χ1n) is 5.66. The highest BCUT2D eigenvalue weighted by Crippen LogP contribution is 2.37. The molecule has 2 heteroatoms. The van der Waals surface area contributed by atoms with Crippen LogP contribution in [0.2, 0.25) is 0 Å². The molecule has 1 aliphatic heterocycles. The second-order valence-electron chi connectivity index (χ2n) is 5.19. The molecule has 0 spiro atoms. The zero-order valence-electron chi connectivity index (χ0n) is 8.87. The van der Waals surface area contributed by atoms with Gasteiger partial charge in [0.15, 0.2) is 0 Å². The minimum absolute atomic E-state index is 0.374. The molecule has 13 heavy (non-hydrogen) atoms. The van der Waals surface area contributed by atoms with Gasteiger partial charge in [-0.05, 0) is 31.1 Å². The van der Waals surface area contributed by atoms with Gasteiger partial charge in [0.05, 0.1) is 0 Å². The highest BCUT2D eigenvalue weighted by atomic mass is 15.2. The van der Waals surface area contributed by atoms with Gasteiger partial charge in [-0.15, -0.1) is 0 Å². The molecule has 2 rings (SSSR count). The predicted octanol–water partition coefficient (Wildman–Crippen LogP) is 1.45. The van der Waals surface area contributed by atoms with E-state index < -0.39 is 0 Å². The van der Waals surface area contributed by atoms with E-state index in [0.717, 1.165) is 18.5 Å². The molecule has 0 aromatic heterocycles. The number of hydrogen-bond acceptors (Lipinski definition) is 2. The van der Waals surface area contributed by atoms with Gasteiger partial charge in [0.2, 0.25) is 0 Å². The lowest BCUT2D eigenvalue weighted by Crippen LogP contribution is -2.43. The second kappa shape index (κ2) is 3.58. The fraction of sp³-hybridized carbons (Fsp3) is 1.00. The minimum Gasteiger partial charge on any atom is -0.326 e. The smallest absolute Gasteiger partial charge is 0.0191 e. The molecular weight excluding hydrogens is 160 g/mol. The third kappa shape index (κ3) is 1.89. The SMILES string of the molecule is CC(C)[C@@H](N)CN1CC2CCC1C2. The molecule has 0 aromatic rings. The first-order chi connectivity index (χ1) is 6.16. The van der Waals surface area contributed by atoms with E-state index >= 15 is 0 Å². The predicted molar refractivity (Wildman–Crippen MR) is 55.5 cm³/mol. The van der Waals surface area contributed by atoms with Gasteiger partial charge in [0, 0.05) is 25.2 Å². The minimum atomic E-state index is 0.374. The Morgan fingerprint density at radius 2 is 2.15 bits per heavy atom. The highest BCUT2D eigenvalue weighted by Gasteiger charge is 2.38. The van der Waals surface area contributed by atoms with Crippen molar-refractivity contribution in [2.45, 2.75) is 45.2 Å². The standard InChI is InChI=1S/C11H22N2/c1-8(2)11(12)7-13-6-9-3-4-10(13)5-9/h8-11H,3-7,12H2,1-2H3/t9?,10?,11-/m0/s1. The zero-order chi connectivity index (χ0) is 9.42. The van der Waals surface area contributed by atoms with E-state index in [-0.39, 0.29) is 0 Å². The number of nitrogens with zero attached hydrogens (tertiary/aromatic N) is 1. The molecular formula is C11H22N2. The molecule has 76 valence electrons. The van der Waals surface area contributed by atoms with E-state index in [2.05, 4.69) is 18.7 Å². The van der Waals surface area contributed by atoms with E-state index in [1.165, 1.54) is 25.8 Å². The summed E-state index contributed by atoms with van der Waals surface area (Å²) in [7, 11) is 0. The van der Waals surface area contributed by atoms with Gasteiger partial charge < -0.3 is 5.73 Å². The molecule has 2 nitrogen and oxygen atoms in total. The lowest BCUT2D eigenvalue weighted by Gasteiger charge is -2.30. The summed E-state index contributed by atoms with van der Waals surface area (Å²) in [5, 5.41) is 0. The number of hydrogen-bond donors (Lipinski definition) is 1. The Bertz CT molecular complexity index is 179. The third-order valence-corrected chi connectivity index (χ3v) is 3.82. The van der Waals surface area contributed by atoms with Gasteiger partial charge in [0.1, 0.15) is 0 Å². The maximum Gasteiger partial charge on any atom is 0.0191 e. The summed E-state index contributed by atoms with van der Waals surface area (Å²) >= 11 is 0. The fourth-order valence-electron chi connectivity index (χ4n) is 2.73. The molecule has 0 amide bonds. The summed E-state index contributed by atoms with van der Waals surface area (Å²) in [4.78, 5) is 2.62. The van der Waals surface area contributed by atoms with Crippen molar-refractivity contribution < 1.29 is 0 Å². The van der Waals surface area contributed by atoms with Crippen molar-refractivity contribution in [3.8, 4) is 0 Å². The lowest BCUT2D eigenvalue weighted by molar-refractivity contribution is 0.189. The lowest BCUT2D eigenvalue weighted by atomic mass is 10.0. The Labute approximate surface area is 81.5 Å². The van der Waals surface area contributed by atoms with E-state index in [4.69, 9.17) is 5.73 Å². The van der Waals surface area contributed by atoms with Crippen molar-refractivity contribution in [3.05, 3.63) is 0 Å². The molecule has 2 aliphatic rings. The van der Waals surface area contributed by atoms with Crippen molar-refractivity contribution >= 4 is 0 Å². The Balaban J connectivity index is 1.83. The maximum absolute atomic E-state index is 6.09. The molecule has 1 heterocycles. The van der Waals surface area contributed by atoms with Crippen LogP contribution < -0.4 is 5.73 Å². The van der Waals surface area contributed by atoms with Crippen molar-refractivity contribution in [1.82, 2.24) is 4.90 Å². The van der Waals surface area contributed by atoms with Crippen LogP contribution in [0.3, 0.4) is 0 Å². The van der Waals surface area contributed by atoms with Gasteiger partial charge in [-0.25, -0.2) is 0 Å². The van der Waals surface area contributed by atoms with E-state index in [9.17, 15) is 0 Å². The van der Waals surface area contributed by atoms with Crippen LogP contribution in [0, 0.1) is 11.8 Å². The molecule has 0 radical (unpaired) electrons. The fourth-order valence-corrected chi connectivity index (χ4v) is 2.73. The normalized spacial score (nSPS) is 36.0. The summed E-state index contributed by atoms with van der Waals surface area (Å²) in [5.74, 6) is 1.63. The van der Waals surface area contributed by atoms with Crippen LogP contribution in [0.4, 0.5) is 0 Å². The summed E-state index contributed by atoms with van der Waals surface area (Å²) in [6, 6.07) is 1.26. The third-order valence-electron chi connectivity index (χ3n) is 3.82. The van der Waals surface area contributed by atoms with E-state index in [1.807, 2.05) is 0 Å². The van der Waals surface area contributed by atoms with E-state index in [0.29, 0.717) is 12.0 Å². The topological polar surface area (TPSA) is 29.3 Å². The van der Waals surface area contributed by atoms with Crippen LogP contribution in [-0.4, -0.2) is 30.1 Å². The molecule has 3 atom stereocenters. The van der Waals surface area contributed by atoms with Crippen molar-refractivity contribution in [1.29, 1.82) is 0 Å². The molecule has 1 aliphatic carbocycles. The molecule has 1 saturated heterocycles. The maximum atomic E-state index is 6.09. The van der Waals surface area contributed by atoms with Gasteiger partial charge in [-0.2, -0.15) is 0 Å². The summed E-state index contributed by atoms with van der Waals surface area (Å²) in [5.41, 5.74) is 6.09. The van der Waals surface area contributed by atoms with Crippen LogP contribution in [0.15, 0.2) is 0 Å². The molecule has 2 N–H and O–H groups in total. The van der Waals surface area contributed by atoms with Crippen molar-refractivity contribution in [2.75, 3.05) is 13.1 Å². The first-order valence-corrected chi connectivity index (χ1v) is 5.66. The van der Waals surface area contributed by atoms with Crippen molar-refractivity contribution in [3.63, 3.8) is 0 Å². The number of likely N-dealkylation sites (tertiary alicyclic amines) is 1. The van der Waals surface area contributed by atoms with Crippen LogP contribution in [0.1, 0.15) is 33.1 Å². The molecule has 0 aromatic carbocycles. The first kappa shape index (κ1) is 9.47. The van der Waals surface area contributed by atoms with Gasteiger partial charge in [0.25, 0.3) is 0 Å². The zero-order valence-corrected chi connectivity index (χ0v) is 8.87. The summed E-state index contributed by atoms with van der Waals surface area (Å²) < 4.78 is 0. The average molecular weight is 182 g/mol. The second-order valence-corrected chi connectivity index (χ2v) is 5.19. The molecule has 2 fully saturated rings. The number of piperidine rings is 1. The largest absolute Gasteiger partial charge is 0.326 e. The van der Waals surface area contributed by atoms with Crippen LogP contribution in [-0.2, 0) is 0 Å². The highest BCUT2D eigenvalue weighted by molar-refractivity contribution is 4.93. The number of nitrogens with two attached hydrogens (primary N) is 1. The Hall–Kier alpha value is -0.0800. The summed E-state index contributed by atoms with van der Waals surface area (Å²) in [6.45, 7) is 6.89. The number of fused-ring (bicyclic) bond motifs is 2. The molecule has 2 bridgehead atoms. The molecule has 1 saturated carbocycles. The Kier molecular flexibility index (Phi) is 2.61. The monoisotopic (exact) mass is 182 g/mol. The van der Waals surface area contributed by atoms with Gasteiger partial charge in [-0.1, -0.05) is 13.8 Å². The van der Waals surface area contributed by atoms with Gasteiger partial charge >= 0.3 is 0 Å². The van der Waals surface area contributed by atoms with Crippen LogP contribution in [0.5, 0.6) is 0 Å². The molecule has 2 unspecified atom stereocenters. The average Bonchev–Trinajstić information content (AvgIpc) is 2.64. The Morgan fingerprint density at radius 1 is 1.38 bits per heavy atom. The van der Waals surface area contributed by atoms with Crippen LogP contribution in [0.25, 0.3) is 0 Å². The Morgan fingerprint density at radius 3 is 2.62 bits per heavy atom. The summed E-state index contributed by atoms with van der Waals surface area (Å²) in [6.07, 6.45) is 4.35. The van der Waals surface area contributed by atoms with Gasteiger partial charge in [-0.3, -0.25) is 4.90 Å². The van der Waals surface area contributed by atoms with Crippen molar-refractivity contribution in [2.24, 2.45) is 17.6 Å². The van der Waals surface area contributed by atoms with E-state index in [1.54, 1.807) is 0 Å². The number of rotatable bonds is 3. The van der Waals surface area contributed by atoms with Crippen LogP contribution >= 0.6 is 0 Å².